The van der Waals surface area contributed by atoms with Crippen LogP contribution in [0.15, 0.2) is 30.6 Å². The highest BCUT2D eigenvalue weighted by molar-refractivity contribution is 6.35. The molecule has 2 unspecified atom stereocenters. The highest BCUT2D eigenvalue weighted by Crippen LogP contribution is 2.50. The summed E-state index contributed by atoms with van der Waals surface area (Å²) in [5.74, 6) is 1.21. The van der Waals surface area contributed by atoms with Gasteiger partial charge >= 0.3 is 0 Å². The molecule has 22 heavy (non-hydrogen) atoms. The van der Waals surface area contributed by atoms with E-state index in [4.69, 9.17) is 23.2 Å². The zero-order valence-corrected chi connectivity index (χ0v) is 14.0. The fraction of sp³-hybridized carbons (Fsp3) is 0.375. The SMILES string of the molecule is CN(Cc1nccn1C)C(=O)C1CC1c1ccc(Cl)cc1Cl. The lowest BCUT2D eigenvalue weighted by molar-refractivity contribution is -0.132. The van der Waals surface area contributed by atoms with Crippen LogP contribution in [0, 0.1) is 5.92 Å². The molecule has 1 aliphatic carbocycles. The summed E-state index contributed by atoms with van der Waals surface area (Å²) >= 11 is 12.1. The van der Waals surface area contributed by atoms with Crippen LogP contribution in [-0.4, -0.2) is 27.4 Å². The molecule has 1 saturated carbocycles. The number of benzene rings is 1. The van der Waals surface area contributed by atoms with Crippen LogP contribution in [0.1, 0.15) is 23.7 Å². The van der Waals surface area contributed by atoms with E-state index in [2.05, 4.69) is 4.98 Å². The average Bonchev–Trinajstić information content (AvgIpc) is 3.15. The summed E-state index contributed by atoms with van der Waals surface area (Å²) in [7, 11) is 3.74. The second-order valence-electron chi connectivity index (χ2n) is 5.76. The molecule has 4 nitrogen and oxygen atoms in total. The molecule has 6 heteroatoms. The quantitative estimate of drug-likeness (QED) is 0.856. The normalized spacial score (nSPS) is 20.0. The van der Waals surface area contributed by atoms with Crippen LogP contribution in [0.3, 0.4) is 0 Å². The summed E-state index contributed by atoms with van der Waals surface area (Å²) in [5, 5.41) is 1.25. The zero-order chi connectivity index (χ0) is 15.9. The number of hydrogen-bond acceptors (Lipinski definition) is 2. The van der Waals surface area contributed by atoms with Gasteiger partial charge in [0.15, 0.2) is 0 Å². The Labute approximate surface area is 139 Å². The van der Waals surface area contributed by atoms with Crippen molar-refractivity contribution in [2.75, 3.05) is 7.05 Å². The molecule has 1 aliphatic rings. The molecule has 2 aromatic rings. The third-order valence-electron chi connectivity index (χ3n) is 4.15. The molecule has 1 fully saturated rings. The molecule has 1 heterocycles. The summed E-state index contributed by atoms with van der Waals surface area (Å²) < 4.78 is 1.92. The number of carbonyl (C=O) groups excluding carboxylic acids is 1. The van der Waals surface area contributed by atoms with E-state index in [1.807, 2.05) is 37.0 Å². The molecule has 0 N–H and O–H groups in total. The van der Waals surface area contributed by atoms with E-state index in [0.29, 0.717) is 16.6 Å². The number of imidazole rings is 1. The number of rotatable bonds is 4. The molecule has 3 rings (SSSR count). The standard InChI is InChI=1S/C16H17Cl2N3O/c1-20-6-5-19-15(20)9-21(2)16(22)13-8-12(13)11-4-3-10(17)7-14(11)18/h3-7,12-13H,8-9H2,1-2H3. The van der Waals surface area contributed by atoms with Crippen molar-refractivity contribution >= 4 is 29.1 Å². The number of halogens is 2. The molecule has 0 spiro atoms. The molecule has 1 amide bonds. The van der Waals surface area contributed by atoms with Gasteiger partial charge in [-0.1, -0.05) is 29.3 Å². The van der Waals surface area contributed by atoms with Crippen LogP contribution < -0.4 is 0 Å². The van der Waals surface area contributed by atoms with E-state index in [-0.39, 0.29) is 17.7 Å². The van der Waals surface area contributed by atoms with E-state index < -0.39 is 0 Å². The number of aromatic nitrogens is 2. The Hall–Kier alpha value is -1.52. The molecule has 0 saturated heterocycles. The highest BCUT2D eigenvalue weighted by Gasteiger charge is 2.46. The molecule has 2 atom stereocenters. The maximum Gasteiger partial charge on any atom is 0.226 e. The Morgan fingerprint density at radius 3 is 2.86 bits per heavy atom. The van der Waals surface area contributed by atoms with E-state index >= 15 is 0 Å². The molecule has 0 radical (unpaired) electrons. The van der Waals surface area contributed by atoms with Gasteiger partial charge in [-0.2, -0.15) is 0 Å². The van der Waals surface area contributed by atoms with Crippen LogP contribution in [0.5, 0.6) is 0 Å². The predicted octanol–water partition coefficient (Wildman–Crippen LogP) is 3.49. The first-order valence-corrected chi connectivity index (χ1v) is 7.89. The molecule has 116 valence electrons. The highest BCUT2D eigenvalue weighted by atomic mass is 35.5. The smallest absolute Gasteiger partial charge is 0.226 e. The van der Waals surface area contributed by atoms with Crippen molar-refractivity contribution in [2.24, 2.45) is 13.0 Å². The zero-order valence-electron chi connectivity index (χ0n) is 12.5. The van der Waals surface area contributed by atoms with Crippen LogP contribution in [0.2, 0.25) is 10.0 Å². The van der Waals surface area contributed by atoms with Crippen molar-refractivity contribution < 1.29 is 4.79 Å². The van der Waals surface area contributed by atoms with Crippen molar-refractivity contribution in [3.05, 3.63) is 52.0 Å². The summed E-state index contributed by atoms with van der Waals surface area (Å²) in [6.45, 7) is 0.514. The minimum atomic E-state index is 0.00365. The van der Waals surface area contributed by atoms with Crippen molar-refractivity contribution in [3.63, 3.8) is 0 Å². The predicted molar refractivity (Wildman–Crippen MR) is 87.0 cm³/mol. The van der Waals surface area contributed by atoms with Gasteiger partial charge in [-0.15, -0.1) is 0 Å². The first-order valence-electron chi connectivity index (χ1n) is 7.13. The largest absolute Gasteiger partial charge is 0.338 e. The second kappa shape index (κ2) is 5.94. The number of carbonyl (C=O) groups is 1. The first kappa shape index (κ1) is 15.4. The van der Waals surface area contributed by atoms with Crippen molar-refractivity contribution in [1.82, 2.24) is 14.5 Å². The third-order valence-corrected chi connectivity index (χ3v) is 4.71. The minimum absolute atomic E-state index is 0.00365. The number of aryl methyl sites for hydroxylation is 1. The Bertz CT molecular complexity index is 713. The van der Waals surface area contributed by atoms with Gasteiger partial charge in [0.05, 0.1) is 6.54 Å². The van der Waals surface area contributed by atoms with E-state index in [9.17, 15) is 4.79 Å². The van der Waals surface area contributed by atoms with Gasteiger partial charge in [0.25, 0.3) is 0 Å². The Kier molecular flexibility index (Phi) is 4.15. The fourth-order valence-corrected chi connectivity index (χ4v) is 3.28. The average molecular weight is 338 g/mol. The first-order chi connectivity index (χ1) is 10.5. The van der Waals surface area contributed by atoms with Crippen molar-refractivity contribution in [3.8, 4) is 0 Å². The van der Waals surface area contributed by atoms with Gasteiger partial charge in [0.2, 0.25) is 5.91 Å². The van der Waals surface area contributed by atoms with E-state index in [0.717, 1.165) is 17.8 Å². The summed E-state index contributed by atoms with van der Waals surface area (Å²) in [6, 6.07) is 5.47. The summed E-state index contributed by atoms with van der Waals surface area (Å²) in [6.07, 6.45) is 4.45. The second-order valence-corrected chi connectivity index (χ2v) is 6.61. The summed E-state index contributed by atoms with van der Waals surface area (Å²) in [4.78, 5) is 18.5. The minimum Gasteiger partial charge on any atom is -0.338 e. The fourth-order valence-electron chi connectivity index (χ4n) is 2.74. The number of hydrogen-bond donors (Lipinski definition) is 0. The Morgan fingerprint density at radius 2 is 2.23 bits per heavy atom. The lowest BCUT2D eigenvalue weighted by Crippen LogP contribution is -2.29. The lowest BCUT2D eigenvalue weighted by atomic mass is 10.1. The van der Waals surface area contributed by atoms with Gasteiger partial charge < -0.3 is 9.47 Å². The van der Waals surface area contributed by atoms with Gasteiger partial charge in [0, 0.05) is 42.5 Å². The lowest BCUT2D eigenvalue weighted by Gasteiger charge is -2.17. The van der Waals surface area contributed by atoms with Crippen LogP contribution in [0.4, 0.5) is 0 Å². The maximum atomic E-state index is 12.5. The topological polar surface area (TPSA) is 38.1 Å². The Balaban J connectivity index is 1.66. The molecular weight excluding hydrogens is 321 g/mol. The molecule has 1 aromatic carbocycles. The van der Waals surface area contributed by atoms with Crippen LogP contribution >= 0.6 is 23.2 Å². The molecule has 0 aliphatic heterocycles. The van der Waals surface area contributed by atoms with Gasteiger partial charge in [0.1, 0.15) is 5.82 Å². The molecule has 1 aromatic heterocycles. The Morgan fingerprint density at radius 1 is 1.45 bits per heavy atom. The monoisotopic (exact) mass is 337 g/mol. The third kappa shape index (κ3) is 2.99. The van der Waals surface area contributed by atoms with Crippen LogP contribution in [-0.2, 0) is 18.4 Å². The molecule has 0 bridgehead atoms. The molecular formula is C16H17Cl2N3O. The number of nitrogens with zero attached hydrogens (tertiary/aromatic N) is 3. The van der Waals surface area contributed by atoms with E-state index in [1.165, 1.54) is 0 Å². The number of amides is 1. The van der Waals surface area contributed by atoms with E-state index in [1.54, 1.807) is 17.2 Å². The maximum absolute atomic E-state index is 12.5. The van der Waals surface area contributed by atoms with Gasteiger partial charge in [-0.05, 0) is 30.0 Å². The van der Waals surface area contributed by atoms with Crippen molar-refractivity contribution in [2.45, 2.75) is 18.9 Å². The van der Waals surface area contributed by atoms with Gasteiger partial charge in [-0.25, -0.2) is 4.98 Å². The van der Waals surface area contributed by atoms with Crippen molar-refractivity contribution in [1.29, 1.82) is 0 Å². The van der Waals surface area contributed by atoms with Gasteiger partial charge in [-0.3, -0.25) is 4.79 Å². The summed E-state index contributed by atoms with van der Waals surface area (Å²) in [5.41, 5.74) is 1.01. The van der Waals surface area contributed by atoms with Crippen LogP contribution in [0.25, 0.3) is 0 Å².